The molecule has 0 radical (unpaired) electrons. The molecule has 2 aliphatic carbocycles. The van der Waals surface area contributed by atoms with Gasteiger partial charge in [-0.15, -0.1) is 0 Å². The lowest BCUT2D eigenvalue weighted by Gasteiger charge is -2.36. The van der Waals surface area contributed by atoms with Crippen molar-refractivity contribution in [2.24, 2.45) is 11.8 Å². The lowest BCUT2D eigenvalue weighted by Crippen LogP contribution is -2.54. The summed E-state index contributed by atoms with van der Waals surface area (Å²) in [4.78, 5) is 84.5. The SMILES string of the molecule is C[C@@H](CN1C(=O)[C@@H]2C[C@H]1CN2)C(=O)N1CCC[C@H]1C#N.C[C@@H](CN1C(=O)[C@@H]2C[C@H]1CN2C(=O)CC1c2ccccc2C=Cc2ccccc21)C(=O)N1CCC[C@H]1C#N.O=C(O)CC1c2ccccc2C=Cc2ccccc21. The van der Waals surface area contributed by atoms with Crippen molar-refractivity contribution in [2.75, 3.05) is 39.3 Å². The number of carbonyl (C=O) groups excluding carboxylic acids is 5. The second kappa shape index (κ2) is 22.8. The summed E-state index contributed by atoms with van der Waals surface area (Å²) in [5.74, 6) is -1.52. The molecule has 77 heavy (non-hydrogen) atoms. The van der Waals surface area contributed by atoms with E-state index in [1.807, 2.05) is 91.5 Å². The summed E-state index contributed by atoms with van der Waals surface area (Å²) < 4.78 is 0. The Morgan fingerprint density at radius 1 is 0.597 bits per heavy atom. The number of carbonyl (C=O) groups is 6. The molecule has 6 aliphatic heterocycles. The minimum absolute atomic E-state index is 0.0000553. The molecule has 0 unspecified atom stereocenters. The number of hydrogen-bond acceptors (Lipinski definition) is 9. The Bertz CT molecular complexity index is 3000. The van der Waals surface area contributed by atoms with Gasteiger partial charge in [-0.3, -0.25) is 28.8 Å². The van der Waals surface area contributed by atoms with Gasteiger partial charge in [0.1, 0.15) is 18.1 Å². The minimum Gasteiger partial charge on any atom is -0.481 e. The molecular weight excluding hydrogens is 969 g/mol. The van der Waals surface area contributed by atoms with Gasteiger partial charge in [0.25, 0.3) is 0 Å². The van der Waals surface area contributed by atoms with Crippen molar-refractivity contribution in [3.05, 3.63) is 142 Å². The zero-order valence-electron chi connectivity index (χ0n) is 43.7. The summed E-state index contributed by atoms with van der Waals surface area (Å²) in [7, 11) is 0. The zero-order chi connectivity index (χ0) is 53.9. The van der Waals surface area contributed by atoms with Crippen LogP contribution in [-0.2, 0) is 28.8 Å². The van der Waals surface area contributed by atoms with E-state index in [-0.39, 0.29) is 89.8 Å². The molecule has 15 heteroatoms. The first-order valence-corrected chi connectivity index (χ1v) is 27.3. The van der Waals surface area contributed by atoms with Crippen LogP contribution in [0.3, 0.4) is 0 Å². The van der Waals surface area contributed by atoms with Crippen LogP contribution < -0.4 is 5.32 Å². The average Bonchev–Trinajstić information content (AvgIpc) is 4.44. The van der Waals surface area contributed by atoms with E-state index in [0.717, 1.165) is 76.7 Å². The van der Waals surface area contributed by atoms with Gasteiger partial charge in [-0.05, 0) is 83.0 Å². The van der Waals surface area contributed by atoms with E-state index in [2.05, 4.69) is 66.0 Å². The monoisotopic (exact) mass is 1030 g/mol. The Kier molecular flexibility index (Phi) is 15.5. The lowest BCUT2D eigenvalue weighted by molar-refractivity contribution is -0.148. The van der Waals surface area contributed by atoms with Crippen molar-refractivity contribution in [3.63, 3.8) is 0 Å². The Balaban J connectivity index is 0.000000145. The number of likely N-dealkylation sites (tertiary alicyclic amines) is 5. The summed E-state index contributed by atoms with van der Waals surface area (Å²) >= 11 is 0. The van der Waals surface area contributed by atoms with Gasteiger partial charge in [0.15, 0.2) is 0 Å². The number of carboxylic acid groups (broad SMARTS) is 1. The van der Waals surface area contributed by atoms with Crippen molar-refractivity contribution in [2.45, 2.75) is 113 Å². The van der Waals surface area contributed by atoms with Crippen LogP contribution in [0.4, 0.5) is 0 Å². The Hall–Kier alpha value is -7.88. The van der Waals surface area contributed by atoms with E-state index in [4.69, 9.17) is 5.26 Å². The highest BCUT2D eigenvalue weighted by Gasteiger charge is 2.52. The first-order chi connectivity index (χ1) is 37.3. The molecule has 12 rings (SSSR count). The average molecular weight is 1040 g/mol. The van der Waals surface area contributed by atoms with E-state index in [9.17, 15) is 39.1 Å². The fraction of sp³-hybridized carbons (Fsp3) is 0.419. The smallest absolute Gasteiger partial charge is 0.304 e. The molecule has 0 aromatic heterocycles. The van der Waals surface area contributed by atoms with Crippen LogP contribution >= 0.6 is 0 Å². The summed E-state index contributed by atoms with van der Waals surface area (Å²) in [6.45, 7) is 7.14. The summed E-state index contributed by atoms with van der Waals surface area (Å²) in [6, 6.07) is 35.9. The standard InChI is InChI=1S/C31H32N4O3.C17H14O2.C14H20N4O2/c1-20(30(37)33-14-6-9-23(33)17-32)18-34-24-15-28(31(34)38)35(19-24)29(36)16-27-25-10-4-2-7-21(25)12-13-22-8-3-5-11-26(22)27;18-17(19)11-16-14-7-3-1-5-12(14)9-10-13-6-2-4-8-15(13)16;1-9(13(19)17-4-2-3-10(17)6-15)8-18-11-5-12(14(18)20)16-7-11/h2-5,7-8,10-13,20,23-24,27-28H,6,9,14-16,18-19H2,1H3;1-10,16H,11H2,(H,18,19);9-12,16H,2-5,7-8H2,1H3/t20-,23-,24-,28-;;9-,10-,11-,12-/m0.0/s1. The number of hydrogen-bond donors (Lipinski definition) is 2. The van der Waals surface area contributed by atoms with Crippen LogP contribution in [0, 0.1) is 34.5 Å². The molecule has 4 bridgehead atoms. The topological polar surface area (TPSA) is 198 Å². The molecule has 2 N–H and O–H groups in total. The van der Waals surface area contributed by atoms with E-state index in [1.54, 1.807) is 19.6 Å². The maximum Gasteiger partial charge on any atom is 0.304 e. The number of amides is 5. The maximum atomic E-state index is 13.7. The third-order valence-corrected chi connectivity index (χ3v) is 17.0. The maximum absolute atomic E-state index is 13.7. The third kappa shape index (κ3) is 10.7. The van der Waals surface area contributed by atoms with E-state index >= 15 is 0 Å². The van der Waals surface area contributed by atoms with Crippen LogP contribution in [0.15, 0.2) is 97.1 Å². The highest BCUT2D eigenvalue weighted by atomic mass is 16.4. The molecule has 8 aliphatic rings. The van der Waals surface area contributed by atoms with Crippen molar-refractivity contribution in [1.82, 2.24) is 29.8 Å². The number of piperazine rings is 2. The van der Waals surface area contributed by atoms with Gasteiger partial charge < -0.3 is 34.9 Å². The molecule has 15 nitrogen and oxygen atoms in total. The summed E-state index contributed by atoms with van der Waals surface area (Å²) in [5.41, 5.74) is 8.87. The molecule has 5 amide bonds. The molecule has 0 saturated carbocycles. The predicted octanol–water partition coefficient (Wildman–Crippen LogP) is 7.14. The fourth-order valence-corrected chi connectivity index (χ4v) is 13.1. The molecule has 6 saturated heterocycles. The van der Waals surface area contributed by atoms with Gasteiger partial charge in [-0.2, -0.15) is 10.5 Å². The number of carboxylic acids is 1. The lowest BCUT2D eigenvalue weighted by atomic mass is 9.85. The number of nitrogens with one attached hydrogen (secondary N) is 1. The van der Waals surface area contributed by atoms with E-state index < -0.39 is 12.0 Å². The normalized spacial score (nSPS) is 24.2. The van der Waals surface area contributed by atoms with Gasteiger partial charge >= 0.3 is 5.97 Å². The number of nitrogens with zero attached hydrogens (tertiary/aromatic N) is 7. The first kappa shape index (κ1) is 52.6. The van der Waals surface area contributed by atoms with Crippen molar-refractivity contribution >= 4 is 59.8 Å². The van der Waals surface area contributed by atoms with Crippen LogP contribution in [0.5, 0.6) is 0 Å². The van der Waals surface area contributed by atoms with Gasteiger partial charge in [0.2, 0.25) is 29.5 Å². The van der Waals surface area contributed by atoms with Gasteiger partial charge in [-0.25, -0.2) is 0 Å². The number of rotatable bonds is 10. The zero-order valence-corrected chi connectivity index (χ0v) is 43.7. The van der Waals surface area contributed by atoms with Crippen molar-refractivity contribution in [3.8, 4) is 12.1 Å². The highest BCUT2D eigenvalue weighted by molar-refractivity contribution is 5.93. The Labute approximate surface area is 450 Å². The van der Waals surface area contributed by atoms with E-state index in [1.165, 1.54) is 0 Å². The molecule has 4 aromatic carbocycles. The molecule has 8 atom stereocenters. The quantitative estimate of drug-likeness (QED) is 0.165. The number of aliphatic carboxylic acids is 1. The third-order valence-electron chi connectivity index (χ3n) is 17.0. The van der Waals surface area contributed by atoms with E-state index in [0.29, 0.717) is 52.0 Å². The Morgan fingerprint density at radius 2 is 1.03 bits per heavy atom. The molecular formula is C62H66N8O7. The first-order valence-electron chi connectivity index (χ1n) is 27.3. The molecule has 6 fully saturated rings. The molecule has 6 heterocycles. The van der Waals surface area contributed by atoms with Crippen LogP contribution in [0.1, 0.15) is 122 Å². The largest absolute Gasteiger partial charge is 0.481 e. The van der Waals surface area contributed by atoms with Crippen LogP contribution in [0.2, 0.25) is 0 Å². The highest BCUT2D eigenvalue weighted by Crippen LogP contribution is 2.41. The van der Waals surface area contributed by atoms with Crippen LogP contribution in [0.25, 0.3) is 24.3 Å². The number of benzene rings is 4. The van der Waals surface area contributed by atoms with Gasteiger partial charge in [-0.1, -0.05) is 135 Å². The van der Waals surface area contributed by atoms with Gasteiger partial charge in [0.05, 0.1) is 42.5 Å². The summed E-state index contributed by atoms with van der Waals surface area (Å²) in [5, 5.41) is 30.8. The molecule has 0 spiro atoms. The molecule has 396 valence electrons. The van der Waals surface area contributed by atoms with Gasteiger partial charge in [0, 0.05) is 63.6 Å². The van der Waals surface area contributed by atoms with Crippen molar-refractivity contribution < 1.29 is 33.9 Å². The predicted molar refractivity (Wildman–Crippen MR) is 291 cm³/mol. The van der Waals surface area contributed by atoms with Crippen LogP contribution in [-0.4, -0.2) is 141 Å². The number of nitriles is 2. The second-order valence-corrected chi connectivity index (χ2v) is 21.8. The second-order valence-electron chi connectivity index (χ2n) is 21.8. The molecule has 4 aromatic rings. The minimum atomic E-state index is -0.767. The van der Waals surface area contributed by atoms with Crippen molar-refractivity contribution in [1.29, 1.82) is 10.5 Å². The summed E-state index contributed by atoms with van der Waals surface area (Å²) in [6.07, 6.45) is 13.5. The Morgan fingerprint density at radius 3 is 1.43 bits per heavy atom. The number of fused-ring (bicyclic) bond motifs is 8. The fourth-order valence-electron chi connectivity index (χ4n) is 13.1.